The fourth-order valence-electron chi connectivity index (χ4n) is 2.09. The van der Waals surface area contributed by atoms with Gasteiger partial charge in [-0.3, -0.25) is 0 Å². The highest BCUT2D eigenvalue weighted by Crippen LogP contribution is 2.27. The van der Waals surface area contributed by atoms with Gasteiger partial charge in [-0.15, -0.1) is 0 Å². The SMILES string of the molecule is COc1ccc(CCN(CCNS(C)(=O)=O)S(C)(=O)=O)cc1OC. The van der Waals surface area contributed by atoms with Gasteiger partial charge in [0.25, 0.3) is 0 Å². The summed E-state index contributed by atoms with van der Waals surface area (Å²) < 4.78 is 59.7. The van der Waals surface area contributed by atoms with Crippen molar-refractivity contribution in [2.75, 3.05) is 46.4 Å². The lowest BCUT2D eigenvalue weighted by molar-refractivity contribution is 0.354. The second kappa shape index (κ2) is 8.65. The lowest BCUT2D eigenvalue weighted by Crippen LogP contribution is -2.38. The molecule has 24 heavy (non-hydrogen) atoms. The van der Waals surface area contributed by atoms with Gasteiger partial charge in [0.2, 0.25) is 20.0 Å². The van der Waals surface area contributed by atoms with E-state index in [0.717, 1.165) is 18.1 Å². The van der Waals surface area contributed by atoms with Crippen LogP contribution in [0, 0.1) is 0 Å². The molecule has 0 fully saturated rings. The smallest absolute Gasteiger partial charge is 0.211 e. The number of sulfonamides is 2. The summed E-state index contributed by atoms with van der Waals surface area (Å²) in [5, 5.41) is 0. The van der Waals surface area contributed by atoms with Crippen molar-refractivity contribution in [3.05, 3.63) is 23.8 Å². The summed E-state index contributed by atoms with van der Waals surface area (Å²) in [6.45, 7) is 0.330. The van der Waals surface area contributed by atoms with Gasteiger partial charge in [0.15, 0.2) is 11.5 Å². The summed E-state index contributed by atoms with van der Waals surface area (Å²) in [6.07, 6.45) is 2.59. The van der Waals surface area contributed by atoms with Crippen molar-refractivity contribution in [1.29, 1.82) is 0 Å². The number of hydrogen-bond acceptors (Lipinski definition) is 6. The molecule has 0 aromatic heterocycles. The largest absolute Gasteiger partial charge is 0.493 e. The van der Waals surface area contributed by atoms with E-state index in [2.05, 4.69) is 4.72 Å². The Bertz CT molecular complexity index is 747. The van der Waals surface area contributed by atoms with Gasteiger partial charge in [0.05, 0.1) is 26.7 Å². The summed E-state index contributed by atoms with van der Waals surface area (Å²) in [4.78, 5) is 0. The van der Waals surface area contributed by atoms with E-state index in [1.165, 1.54) is 18.5 Å². The van der Waals surface area contributed by atoms with Gasteiger partial charge in [-0.1, -0.05) is 6.07 Å². The third kappa shape index (κ3) is 7.04. The van der Waals surface area contributed by atoms with Gasteiger partial charge in [-0.05, 0) is 24.1 Å². The Hall–Kier alpha value is -1.36. The zero-order valence-electron chi connectivity index (χ0n) is 14.3. The van der Waals surface area contributed by atoms with E-state index in [4.69, 9.17) is 9.47 Å². The van der Waals surface area contributed by atoms with Crippen LogP contribution in [0.1, 0.15) is 5.56 Å². The van der Waals surface area contributed by atoms with Crippen molar-refractivity contribution in [2.24, 2.45) is 0 Å². The fourth-order valence-corrected chi connectivity index (χ4v) is 3.40. The maximum Gasteiger partial charge on any atom is 0.211 e. The van der Waals surface area contributed by atoms with E-state index in [9.17, 15) is 16.8 Å². The predicted octanol–water partition coefficient (Wildman–Crippen LogP) is 0.0571. The van der Waals surface area contributed by atoms with E-state index in [0.29, 0.717) is 17.9 Å². The first-order valence-electron chi connectivity index (χ1n) is 7.17. The highest BCUT2D eigenvalue weighted by atomic mass is 32.2. The van der Waals surface area contributed by atoms with Crippen LogP contribution >= 0.6 is 0 Å². The minimum atomic E-state index is -3.44. The summed E-state index contributed by atoms with van der Waals surface area (Å²) >= 11 is 0. The Labute approximate surface area is 143 Å². The molecule has 0 heterocycles. The van der Waals surface area contributed by atoms with Crippen LogP contribution in [-0.4, -0.2) is 67.5 Å². The first kappa shape index (κ1) is 20.7. The molecule has 1 rings (SSSR count). The number of benzene rings is 1. The first-order valence-corrected chi connectivity index (χ1v) is 10.9. The lowest BCUT2D eigenvalue weighted by atomic mass is 10.1. The molecule has 0 aliphatic rings. The molecule has 0 radical (unpaired) electrons. The molecule has 0 aliphatic heterocycles. The quantitative estimate of drug-likeness (QED) is 0.616. The molecule has 1 N–H and O–H groups in total. The molecule has 0 spiro atoms. The van der Waals surface area contributed by atoms with Gasteiger partial charge in [0.1, 0.15) is 0 Å². The van der Waals surface area contributed by atoms with Crippen molar-refractivity contribution in [1.82, 2.24) is 9.03 Å². The minimum absolute atomic E-state index is 0.0256. The molecular weight excluding hydrogens is 356 g/mol. The van der Waals surface area contributed by atoms with Gasteiger partial charge in [-0.2, -0.15) is 0 Å². The van der Waals surface area contributed by atoms with Crippen molar-refractivity contribution in [3.8, 4) is 11.5 Å². The molecular formula is C14H24N2O6S2. The Kier molecular flexibility index (Phi) is 7.46. The predicted molar refractivity (Wildman–Crippen MR) is 92.5 cm³/mol. The Balaban J connectivity index is 2.75. The van der Waals surface area contributed by atoms with Crippen molar-refractivity contribution >= 4 is 20.0 Å². The monoisotopic (exact) mass is 380 g/mol. The zero-order chi connectivity index (χ0) is 18.4. The molecule has 1 aromatic carbocycles. The maximum absolute atomic E-state index is 11.8. The van der Waals surface area contributed by atoms with Gasteiger partial charge < -0.3 is 9.47 Å². The third-order valence-electron chi connectivity index (χ3n) is 3.29. The second-order valence-electron chi connectivity index (χ2n) is 5.27. The highest BCUT2D eigenvalue weighted by molar-refractivity contribution is 7.88. The number of methoxy groups -OCH3 is 2. The second-order valence-corrected chi connectivity index (χ2v) is 9.08. The summed E-state index contributed by atoms with van der Waals surface area (Å²) in [6, 6.07) is 5.37. The van der Waals surface area contributed by atoms with Crippen molar-refractivity contribution in [3.63, 3.8) is 0 Å². The summed E-state index contributed by atoms with van der Waals surface area (Å²) in [5.41, 5.74) is 0.886. The molecule has 0 atom stereocenters. The Morgan fingerprint density at radius 2 is 1.62 bits per heavy atom. The number of rotatable bonds is 10. The summed E-state index contributed by atoms with van der Waals surface area (Å²) in [7, 11) is -3.72. The van der Waals surface area contributed by atoms with E-state index in [1.807, 2.05) is 6.07 Å². The van der Waals surface area contributed by atoms with Gasteiger partial charge >= 0.3 is 0 Å². The molecule has 0 saturated carbocycles. The maximum atomic E-state index is 11.8. The molecule has 10 heteroatoms. The third-order valence-corrected chi connectivity index (χ3v) is 5.32. The first-order chi connectivity index (χ1) is 11.1. The zero-order valence-corrected chi connectivity index (χ0v) is 15.9. The van der Waals surface area contributed by atoms with Crippen molar-refractivity contribution in [2.45, 2.75) is 6.42 Å². The summed E-state index contributed by atoms with van der Waals surface area (Å²) in [5.74, 6) is 1.17. The minimum Gasteiger partial charge on any atom is -0.493 e. The molecule has 0 bridgehead atoms. The van der Waals surface area contributed by atoms with Crippen LogP contribution in [-0.2, 0) is 26.5 Å². The Morgan fingerprint density at radius 3 is 2.12 bits per heavy atom. The molecule has 0 aliphatic carbocycles. The van der Waals surface area contributed by atoms with Crippen LogP contribution in [0.5, 0.6) is 11.5 Å². The average Bonchev–Trinajstić information content (AvgIpc) is 2.47. The van der Waals surface area contributed by atoms with E-state index >= 15 is 0 Å². The van der Waals surface area contributed by atoms with Crippen LogP contribution < -0.4 is 14.2 Å². The fraction of sp³-hybridized carbons (Fsp3) is 0.571. The van der Waals surface area contributed by atoms with E-state index < -0.39 is 20.0 Å². The topological polar surface area (TPSA) is 102 Å². The molecule has 0 unspecified atom stereocenters. The number of ether oxygens (including phenoxy) is 2. The molecule has 8 nitrogen and oxygen atoms in total. The van der Waals surface area contributed by atoms with Crippen LogP contribution in [0.15, 0.2) is 18.2 Å². The standard InChI is InChI=1S/C14H24N2O6S2/c1-21-13-6-5-12(11-14(13)22-2)7-9-16(24(4,19)20)10-8-15-23(3,17)18/h5-6,11,15H,7-10H2,1-4H3. The number of nitrogens with zero attached hydrogens (tertiary/aromatic N) is 1. The molecule has 138 valence electrons. The van der Waals surface area contributed by atoms with Crippen LogP contribution in [0.25, 0.3) is 0 Å². The van der Waals surface area contributed by atoms with Gasteiger partial charge in [0, 0.05) is 19.6 Å². The Morgan fingerprint density at radius 1 is 1.00 bits per heavy atom. The van der Waals surface area contributed by atoms with Gasteiger partial charge in [-0.25, -0.2) is 25.9 Å². The van der Waals surface area contributed by atoms with E-state index in [1.54, 1.807) is 12.1 Å². The van der Waals surface area contributed by atoms with E-state index in [-0.39, 0.29) is 19.6 Å². The van der Waals surface area contributed by atoms with Crippen LogP contribution in [0.3, 0.4) is 0 Å². The number of nitrogens with one attached hydrogen (secondary N) is 1. The average molecular weight is 380 g/mol. The number of hydrogen-bond donors (Lipinski definition) is 1. The lowest BCUT2D eigenvalue weighted by Gasteiger charge is -2.20. The highest BCUT2D eigenvalue weighted by Gasteiger charge is 2.17. The molecule has 0 amide bonds. The van der Waals surface area contributed by atoms with Crippen LogP contribution in [0.2, 0.25) is 0 Å². The molecule has 1 aromatic rings. The normalized spacial score (nSPS) is 12.4. The van der Waals surface area contributed by atoms with Crippen molar-refractivity contribution < 1.29 is 26.3 Å². The van der Waals surface area contributed by atoms with Crippen LogP contribution in [0.4, 0.5) is 0 Å². The molecule has 0 saturated heterocycles.